The largest absolute Gasteiger partial charge is 0.351 e. The van der Waals surface area contributed by atoms with E-state index in [9.17, 15) is 9.59 Å². The SMILES string of the molecule is CN1CCc2nc(C(=O)N[C@H]3CCC[C@@H]3NC(=O)c3cc4cc(Cl)ccc4[nH]3)sc2C1.Cl. The Bertz CT molecular complexity index is 1160. The molecule has 7 nitrogen and oxygen atoms in total. The van der Waals surface area contributed by atoms with E-state index in [2.05, 4.69) is 32.5 Å². The van der Waals surface area contributed by atoms with Crippen molar-refractivity contribution in [3.63, 3.8) is 0 Å². The van der Waals surface area contributed by atoms with E-state index < -0.39 is 0 Å². The average Bonchev–Trinajstić information content (AvgIpc) is 3.45. The van der Waals surface area contributed by atoms with E-state index in [0.29, 0.717) is 15.7 Å². The standard InChI is InChI=1S/C22H24ClN5O2S.ClH/c1-28-8-7-17-19(11-28)31-22(27-17)21(30)26-16-4-2-3-15(16)25-20(29)18-10-12-9-13(23)5-6-14(12)24-18;/h5-6,9-10,15-16,24H,2-4,7-8,11H2,1H3,(H,25,29)(H,26,30);1H/t15-,16-;/m0./s1. The van der Waals surface area contributed by atoms with Crippen molar-refractivity contribution in [3.05, 3.63) is 50.6 Å². The summed E-state index contributed by atoms with van der Waals surface area (Å²) in [6.07, 6.45) is 3.51. The number of aromatic nitrogens is 2. The normalized spacial score (nSPS) is 20.6. The fraction of sp³-hybridized carbons (Fsp3) is 0.409. The summed E-state index contributed by atoms with van der Waals surface area (Å²) in [6.45, 7) is 1.81. The molecule has 2 aliphatic rings. The van der Waals surface area contributed by atoms with Crippen molar-refractivity contribution in [1.29, 1.82) is 0 Å². The third-order valence-electron chi connectivity index (χ3n) is 6.09. The minimum absolute atomic E-state index is 0. The maximum atomic E-state index is 12.8. The van der Waals surface area contributed by atoms with Gasteiger partial charge in [-0.05, 0) is 50.6 Å². The van der Waals surface area contributed by atoms with Gasteiger partial charge in [-0.3, -0.25) is 9.59 Å². The Kier molecular flexibility index (Phi) is 6.76. The minimum Gasteiger partial charge on any atom is -0.351 e. The highest BCUT2D eigenvalue weighted by Crippen LogP contribution is 2.26. The molecule has 0 spiro atoms. The first-order valence-corrected chi connectivity index (χ1v) is 11.7. The number of rotatable bonds is 4. The summed E-state index contributed by atoms with van der Waals surface area (Å²) < 4.78 is 0. The highest BCUT2D eigenvalue weighted by Gasteiger charge is 2.32. The Hall–Kier alpha value is -2.13. The van der Waals surface area contributed by atoms with Crippen LogP contribution in [-0.2, 0) is 13.0 Å². The Morgan fingerprint density at radius 1 is 1.19 bits per heavy atom. The summed E-state index contributed by atoms with van der Waals surface area (Å²) in [5.74, 6) is -0.320. The Morgan fingerprint density at radius 2 is 1.94 bits per heavy atom. The van der Waals surface area contributed by atoms with Crippen LogP contribution < -0.4 is 10.6 Å². The molecule has 32 heavy (non-hydrogen) atoms. The van der Waals surface area contributed by atoms with Gasteiger partial charge in [0.15, 0.2) is 5.01 Å². The van der Waals surface area contributed by atoms with Crippen molar-refractivity contribution in [1.82, 2.24) is 25.5 Å². The third kappa shape index (κ3) is 4.64. The van der Waals surface area contributed by atoms with Crippen LogP contribution in [0.15, 0.2) is 24.3 Å². The number of thiazole rings is 1. The summed E-state index contributed by atoms with van der Waals surface area (Å²) >= 11 is 7.52. The lowest BCUT2D eigenvalue weighted by Crippen LogP contribution is -2.48. The highest BCUT2D eigenvalue weighted by molar-refractivity contribution is 7.13. The van der Waals surface area contributed by atoms with Crippen LogP contribution in [-0.4, -0.2) is 52.4 Å². The quantitative estimate of drug-likeness (QED) is 0.515. The molecule has 1 aliphatic heterocycles. The fourth-order valence-electron chi connectivity index (χ4n) is 4.43. The van der Waals surface area contributed by atoms with Crippen LogP contribution in [0.5, 0.6) is 0 Å². The lowest BCUT2D eigenvalue weighted by atomic mass is 10.1. The van der Waals surface area contributed by atoms with Gasteiger partial charge in [-0.25, -0.2) is 4.98 Å². The number of nitrogens with one attached hydrogen (secondary N) is 3. The number of fused-ring (bicyclic) bond motifs is 2. The second kappa shape index (κ2) is 9.39. The van der Waals surface area contributed by atoms with Crippen LogP contribution in [0.4, 0.5) is 0 Å². The van der Waals surface area contributed by atoms with Crippen molar-refractivity contribution in [2.75, 3.05) is 13.6 Å². The number of nitrogens with zero attached hydrogens (tertiary/aromatic N) is 2. The van der Waals surface area contributed by atoms with Crippen LogP contribution in [0.2, 0.25) is 5.02 Å². The molecule has 170 valence electrons. The number of carbonyl (C=O) groups is 2. The van der Waals surface area contributed by atoms with Crippen LogP contribution in [0, 0.1) is 0 Å². The first-order valence-electron chi connectivity index (χ1n) is 10.5. The summed E-state index contributed by atoms with van der Waals surface area (Å²) in [6, 6.07) is 7.08. The number of H-pyrrole nitrogens is 1. The number of amides is 2. The van der Waals surface area contributed by atoms with E-state index in [-0.39, 0.29) is 36.3 Å². The van der Waals surface area contributed by atoms with Crippen LogP contribution >= 0.6 is 35.3 Å². The Labute approximate surface area is 201 Å². The molecule has 1 aromatic carbocycles. The molecule has 2 atom stereocenters. The van der Waals surface area contributed by atoms with Crippen molar-refractivity contribution in [3.8, 4) is 0 Å². The zero-order chi connectivity index (χ0) is 21.5. The zero-order valence-corrected chi connectivity index (χ0v) is 20.0. The number of hydrogen-bond donors (Lipinski definition) is 3. The number of benzene rings is 1. The first-order chi connectivity index (χ1) is 15.0. The molecule has 2 amide bonds. The summed E-state index contributed by atoms with van der Waals surface area (Å²) in [4.78, 5) is 36.8. The highest BCUT2D eigenvalue weighted by atomic mass is 35.5. The van der Waals surface area contributed by atoms with Gasteiger partial charge in [0.05, 0.1) is 5.69 Å². The topological polar surface area (TPSA) is 90.1 Å². The molecule has 2 aromatic heterocycles. The first kappa shape index (κ1) is 23.0. The van der Waals surface area contributed by atoms with Crippen molar-refractivity contribution in [2.24, 2.45) is 0 Å². The smallest absolute Gasteiger partial charge is 0.280 e. The van der Waals surface area contributed by atoms with Gasteiger partial charge in [-0.2, -0.15) is 0 Å². The van der Waals surface area contributed by atoms with E-state index in [1.54, 1.807) is 12.1 Å². The summed E-state index contributed by atoms with van der Waals surface area (Å²) in [5, 5.41) is 8.25. The molecule has 5 rings (SSSR count). The van der Waals surface area contributed by atoms with E-state index >= 15 is 0 Å². The van der Waals surface area contributed by atoms with Crippen LogP contribution in [0.25, 0.3) is 10.9 Å². The zero-order valence-electron chi connectivity index (χ0n) is 17.6. The number of halogens is 2. The molecular formula is C22H25Cl2N5O2S. The fourth-order valence-corrected chi connectivity index (χ4v) is 5.70. The second-order valence-corrected chi connectivity index (χ2v) is 9.90. The monoisotopic (exact) mass is 493 g/mol. The summed E-state index contributed by atoms with van der Waals surface area (Å²) in [7, 11) is 2.08. The number of likely N-dealkylation sites (N-methyl/N-ethyl adjacent to an activating group) is 1. The molecule has 3 heterocycles. The molecule has 10 heteroatoms. The average molecular weight is 494 g/mol. The van der Waals surface area contributed by atoms with E-state index in [0.717, 1.165) is 55.4 Å². The molecule has 0 saturated heterocycles. The van der Waals surface area contributed by atoms with Crippen LogP contribution in [0.1, 0.15) is 50.1 Å². The predicted octanol–water partition coefficient (Wildman–Crippen LogP) is 3.77. The Balaban J connectivity index is 0.00000245. The molecular weight excluding hydrogens is 469 g/mol. The van der Waals surface area contributed by atoms with Crippen molar-refractivity contribution >= 4 is 58.1 Å². The molecule has 1 aliphatic carbocycles. The lowest BCUT2D eigenvalue weighted by molar-refractivity contribution is 0.0889. The van der Waals surface area contributed by atoms with E-state index in [4.69, 9.17) is 11.6 Å². The van der Waals surface area contributed by atoms with Gasteiger partial charge >= 0.3 is 0 Å². The van der Waals surface area contributed by atoms with Gasteiger partial charge in [0.1, 0.15) is 5.69 Å². The van der Waals surface area contributed by atoms with E-state index in [1.807, 2.05) is 12.1 Å². The van der Waals surface area contributed by atoms with Gasteiger partial charge in [0.2, 0.25) is 0 Å². The van der Waals surface area contributed by atoms with Gasteiger partial charge < -0.3 is 20.5 Å². The van der Waals surface area contributed by atoms with Gasteiger partial charge in [-0.15, -0.1) is 23.7 Å². The number of hydrogen-bond acceptors (Lipinski definition) is 5. The molecule has 1 fully saturated rings. The minimum atomic E-state index is -0.175. The molecule has 0 bridgehead atoms. The maximum Gasteiger partial charge on any atom is 0.280 e. The molecule has 3 aromatic rings. The van der Waals surface area contributed by atoms with Crippen LogP contribution in [0.3, 0.4) is 0 Å². The predicted molar refractivity (Wildman–Crippen MR) is 129 cm³/mol. The molecule has 0 radical (unpaired) electrons. The third-order valence-corrected chi connectivity index (χ3v) is 7.41. The number of carbonyl (C=O) groups excluding carboxylic acids is 2. The molecule has 1 saturated carbocycles. The lowest BCUT2D eigenvalue weighted by Gasteiger charge is -2.21. The van der Waals surface area contributed by atoms with Gasteiger partial charge in [-0.1, -0.05) is 11.6 Å². The molecule has 3 N–H and O–H groups in total. The number of aromatic amines is 1. The maximum absolute atomic E-state index is 12.8. The summed E-state index contributed by atoms with van der Waals surface area (Å²) in [5.41, 5.74) is 2.40. The molecule has 0 unspecified atom stereocenters. The van der Waals surface area contributed by atoms with Gasteiger partial charge in [0, 0.05) is 52.4 Å². The van der Waals surface area contributed by atoms with Crippen molar-refractivity contribution in [2.45, 2.75) is 44.3 Å². The van der Waals surface area contributed by atoms with Gasteiger partial charge in [0.25, 0.3) is 11.8 Å². The second-order valence-electron chi connectivity index (χ2n) is 8.38. The van der Waals surface area contributed by atoms with E-state index in [1.165, 1.54) is 16.2 Å². The van der Waals surface area contributed by atoms with Crippen molar-refractivity contribution < 1.29 is 9.59 Å². The Morgan fingerprint density at radius 3 is 2.72 bits per heavy atom.